The molecule has 2 heterocycles. The van der Waals surface area contributed by atoms with Gasteiger partial charge in [0.25, 0.3) is 5.91 Å². The number of nitrogens with zero attached hydrogens (tertiary/aromatic N) is 3. The first-order valence-corrected chi connectivity index (χ1v) is 9.27. The number of aryl methyl sites for hydroxylation is 1. The number of rotatable bonds is 4. The van der Waals surface area contributed by atoms with Crippen molar-refractivity contribution in [1.82, 2.24) is 15.0 Å². The van der Waals surface area contributed by atoms with Gasteiger partial charge in [0.15, 0.2) is 5.82 Å². The van der Waals surface area contributed by atoms with Crippen LogP contribution in [0.2, 0.25) is 0 Å². The van der Waals surface area contributed by atoms with Crippen molar-refractivity contribution in [3.63, 3.8) is 0 Å². The lowest BCUT2D eigenvalue weighted by Gasteiger charge is -2.20. The molecule has 4 rings (SSSR count). The van der Waals surface area contributed by atoms with Gasteiger partial charge in [-0.3, -0.25) is 4.79 Å². The van der Waals surface area contributed by atoms with E-state index in [9.17, 15) is 4.79 Å². The van der Waals surface area contributed by atoms with Gasteiger partial charge in [-0.05, 0) is 55.0 Å². The van der Waals surface area contributed by atoms with Gasteiger partial charge >= 0.3 is 0 Å². The first-order chi connectivity index (χ1) is 11.2. The van der Waals surface area contributed by atoms with E-state index in [2.05, 4.69) is 15.5 Å². The lowest BCUT2D eigenvalue weighted by atomic mass is 9.85. The maximum atomic E-state index is 12.7. The number of carbonyl (C=O) groups is 1. The van der Waals surface area contributed by atoms with Gasteiger partial charge in [-0.1, -0.05) is 11.6 Å². The Morgan fingerprint density at radius 1 is 1.35 bits per heavy atom. The standard InChI is InChI=1S/C17H21N3O2S/c1-20(9-14-18-16(22-19-14)11-6-4-7-11)17(21)15-13-8-3-2-5-12(13)10-23-15/h10-11H,2-9H2,1H3. The van der Waals surface area contributed by atoms with Crippen LogP contribution in [0.3, 0.4) is 0 Å². The zero-order valence-corrected chi connectivity index (χ0v) is 14.2. The fraction of sp³-hybridized carbons (Fsp3) is 0.588. The van der Waals surface area contributed by atoms with Crippen LogP contribution in [0, 0.1) is 0 Å². The average Bonchev–Trinajstić information content (AvgIpc) is 3.12. The molecule has 2 aliphatic rings. The second-order valence-electron chi connectivity index (χ2n) is 6.61. The van der Waals surface area contributed by atoms with Crippen LogP contribution < -0.4 is 0 Å². The van der Waals surface area contributed by atoms with Crippen LogP contribution in [0.25, 0.3) is 0 Å². The van der Waals surface area contributed by atoms with Gasteiger partial charge < -0.3 is 9.42 Å². The normalized spacial score (nSPS) is 17.6. The topological polar surface area (TPSA) is 59.2 Å². The molecule has 2 aromatic heterocycles. The van der Waals surface area contributed by atoms with Crippen LogP contribution in [-0.2, 0) is 19.4 Å². The predicted molar refractivity (Wildman–Crippen MR) is 87.6 cm³/mol. The van der Waals surface area contributed by atoms with Gasteiger partial charge in [-0.15, -0.1) is 11.3 Å². The molecule has 0 spiro atoms. The Balaban J connectivity index is 1.46. The van der Waals surface area contributed by atoms with Crippen LogP contribution in [0.15, 0.2) is 9.90 Å². The zero-order chi connectivity index (χ0) is 15.8. The quantitative estimate of drug-likeness (QED) is 0.859. The number of hydrogen-bond donors (Lipinski definition) is 0. The van der Waals surface area contributed by atoms with E-state index in [1.165, 1.54) is 30.4 Å². The molecule has 2 aromatic rings. The smallest absolute Gasteiger partial charge is 0.264 e. The van der Waals surface area contributed by atoms with E-state index in [1.807, 2.05) is 7.05 Å². The summed E-state index contributed by atoms with van der Waals surface area (Å²) in [5.74, 6) is 1.85. The van der Waals surface area contributed by atoms with E-state index in [4.69, 9.17) is 4.52 Å². The van der Waals surface area contributed by atoms with Crippen molar-refractivity contribution in [2.45, 2.75) is 57.4 Å². The minimum Gasteiger partial charge on any atom is -0.339 e. The van der Waals surface area contributed by atoms with Crippen molar-refractivity contribution in [2.75, 3.05) is 7.05 Å². The van der Waals surface area contributed by atoms with E-state index < -0.39 is 0 Å². The third-order valence-corrected chi connectivity index (χ3v) is 6.02. The molecule has 122 valence electrons. The van der Waals surface area contributed by atoms with Gasteiger partial charge in [-0.25, -0.2) is 0 Å². The Hall–Kier alpha value is -1.69. The highest BCUT2D eigenvalue weighted by Gasteiger charge is 2.27. The van der Waals surface area contributed by atoms with Crippen molar-refractivity contribution in [1.29, 1.82) is 0 Å². The summed E-state index contributed by atoms with van der Waals surface area (Å²) < 4.78 is 5.33. The maximum Gasteiger partial charge on any atom is 0.264 e. The van der Waals surface area contributed by atoms with Gasteiger partial charge in [-0.2, -0.15) is 4.98 Å². The molecule has 0 N–H and O–H groups in total. The molecule has 0 atom stereocenters. The molecule has 5 nitrogen and oxygen atoms in total. The predicted octanol–water partition coefficient (Wildman–Crippen LogP) is 3.55. The van der Waals surface area contributed by atoms with Crippen LogP contribution in [-0.4, -0.2) is 28.0 Å². The summed E-state index contributed by atoms with van der Waals surface area (Å²) >= 11 is 1.58. The van der Waals surface area contributed by atoms with Gasteiger partial charge in [0.1, 0.15) is 0 Å². The monoisotopic (exact) mass is 331 g/mol. The zero-order valence-electron chi connectivity index (χ0n) is 13.4. The molecule has 6 heteroatoms. The second kappa shape index (κ2) is 6.07. The Morgan fingerprint density at radius 3 is 2.96 bits per heavy atom. The molecule has 0 unspecified atom stereocenters. The molecule has 0 aromatic carbocycles. The molecule has 23 heavy (non-hydrogen) atoms. The van der Waals surface area contributed by atoms with Crippen molar-refractivity contribution < 1.29 is 9.32 Å². The van der Waals surface area contributed by atoms with Crippen molar-refractivity contribution in [2.24, 2.45) is 0 Å². The minimum absolute atomic E-state index is 0.0770. The molecule has 0 saturated heterocycles. The Bertz CT molecular complexity index is 717. The van der Waals surface area contributed by atoms with Crippen molar-refractivity contribution >= 4 is 17.2 Å². The highest BCUT2D eigenvalue weighted by atomic mass is 32.1. The maximum absolute atomic E-state index is 12.7. The van der Waals surface area contributed by atoms with E-state index in [1.54, 1.807) is 16.2 Å². The largest absolute Gasteiger partial charge is 0.339 e. The molecular weight excluding hydrogens is 310 g/mol. The van der Waals surface area contributed by atoms with E-state index in [0.717, 1.165) is 36.5 Å². The highest BCUT2D eigenvalue weighted by molar-refractivity contribution is 7.12. The van der Waals surface area contributed by atoms with Gasteiger partial charge in [0.2, 0.25) is 5.89 Å². The summed E-state index contributed by atoms with van der Waals surface area (Å²) in [6.45, 7) is 0.404. The number of hydrogen-bond acceptors (Lipinski definition) is 5. The fourth-order valence-corrected chi connectivity index (χ4v) is 4.46. The molecule has 0 aliphatic heterocycles. The number of aromatic nitrogens is 2. The lowest BCUT2D eigenvalue weighted by molar-refractivity contribution is 0.0784. The van der Waals surface area contributed by atoms with Gasteiger partial charge in [0, 0.05) is 13.0 Å². The molecule has 0 bridgehead atoms. The first-order valence-electron chi connectivity index (χ1n) is 8.39. The molecule has 1 fully saturated rings. The van der Waals surface area contributed by atoms with Crippen molar-refractivity contribution in [3.8, 4) is 0 Å². The number of thiophene rings is 1. The van der Waals surface area contributed by atoms with Crippen LogP contribution >= 0.6 is 11.3 Å². The summed E-state index contributed by atoms with van der Waals surface area (Å²) in [7, 11) is 1.82. The Morgan fingerprint density at radius 2 is 2.17 bits per heavy atom. The number of carbonyl (C=O) groups excluding carboxylic acids is 1. The summed E-state index contributed by atoms with van der Waals surface area (Å²) in [6, 6.07) is 0. The van der Waals surface area contributed by atoms with E-state index in [0.29, 0.717) is 18.3 Å². The van der Waals surface area contributed by atoms with E-state index in [-0.39, 0.29) is 5.91 Å². The van der Waals surface area contributed by atoms with Gasteiger partial charge in [0.05, 0.1) is 11.4 Å². The highest BCUT2D eigenvalue weighted by Crippen LogP contribution is 2.35. The molecule has 1 saturated carbocycles. The third kappa shape index (κ3) is 2.80. The Labute approximate surface area is 139 Å². The summed E-state index contributed by atoms with van der Waals surface area (Å²) in [4.78, 5) is 19.8. The van der Waals surface area contributed by atoms with Crippen LogP contribution in [0.5, 0.6) is 0 Å². The molecular formula is C17H21N3O2S. The molecule has 2 aliphatic carbocycles. The summed E-state index contributed by atoms with van der Waals surface area (Å²) in [6.07, 6.45) is 8.07. The lowest BCUT2D eigenvalue weighted by Crippen LogP contribution is -2.27. The molecule has 0 radical (unpaired) electrons. The number of amides is 1. The third-order valence-electron chi connectivity index (χ3n) is 4.96. The fourth-order valence-electron chi connectivity index (χ4n) is 3.31. The SMILES string of the molecule is CN(Cc1noc(C2CCC2)n1)C(=O)c1scc2c1CCCC2. The van der Waals surface area contributed by atoms with Crippen molar-refractivity contribution in [3.05, 3.63) is 33.1 Å². The minimum atomic E-state index is 0.0770. The summed E-state index contributed by atoms with van der Waals surface area (Å²) in [5, 5.41) is 6.19. The van der Waals surface area contributed by atoms with E-state index >= 15 is 0 Å². The second-order valence-corrected chi connectivity index (χ2v) is 7.49. The average molecular weight is 331 g/mol. The Kier molecular flexibility index (Phi) is 3.93. The number of fused-ring (bicyclic) bond motifs is 1. The van der Waals surface area contributed by atoms with Crippen LogP contribution in [0.4, 0.5) is 0 Å². The van der Waals surface area contributed by atoms with Crippen LogP contribution in [0.1, 0.15) is 70.5 Å². The summed E-state index contributed by atoms with van der Waals surface area (Å²) in [5.41, 5.74) is 2.63. The molecule has 1 amide bonds. The first kappa shape index (κ1) is 14.9.